The largest absolute Gasteiger partial charge is 0.265 e. The molecule has 0 bridgehead atoms. The molecule has 3 aromatic heterocycles. The molecule has 0 fully saturated rings. The first-order valence-electron chi connectivity index (χ1n) is 7.98. The first-order valence-corrected chi connectivity index (χ1v) is 9.46. The zero-order chi connectivity index (χ0) is 19.0. The summed E-state index contributed by atoms with van der Waals surface area (Å²) in [6.07, 6.45) is 4.56. The fourth-order valence-electron chi connectivity index (χ4n) is 2.71. The summed E-state index contributed by atoms with van der Waals surface area (Å²) in [6, 6.07) is 10.3. The quantitative estimate of drug-likeness (QED) is 0.585. The van der Waals surface area contributed by atoms with Crippen molar-refractivity contribution < 1.29 is 12.8 Å². The van der Waals surface area contributed by atoms with Gasteiger partial charge in [-0.2, -0.15) is 9.61 Å². The fraction of sp³-hybridized carbons (Fsp3) is 0.0556. The van der Waals surface area contributed by atoms with Crippen molar-refractivity contribution in [2.75, 3.05) is 4.72 Å². The average molecular weight is 383 g/mol. The summed E-state index contributed by atoms with van der Waals surface area (Å²) in [5.74, 6) is -0.425. The van der Waals surface area contributed by atoms with E-state index in [0.29, 0.717) is 22.5 Å². The van der Waals surface area contributed by atoms with Gasteiger partial charge >= 0.3 is 0 Å². The topological polar surface area (TPSA) is 89.2 Å². The molecule has 1 N–H and O–H groups in total. The molecule has 0 radical (unpaired) electrons. The molecule has 0 spiro atoms. The minimum absolute atomic E-state index is 0.188. The number of hydrogen-bond donors (Lipinski definition) is 1. The van der Waals surface area contributed by atoms with Crippen LogP contribution in [0.25, 0.3) is 16.8 Å². The molecule has 0 unspecified atom stereocenters. The SMILES string of the molecule is Cc1cc2nccc(NS(=O)(=O)c3ccc(-c4ccncc4)c(F)c3)n2n1. The van der Waals surface area contributed by atoms with E-state index in [1.54, 1.807) is 37.5 Å². The van der Waals surface area contributed by atoms with Gasteiger partial charge in [-0.25, -0.2) is 17.8 Å². The Morgan fingerprint density at radius 2 is 1.81 bits per heavy atom. The highest BCUT2D eigenvalue weighted by atomic mass is 32.2. The van der Waals surface area contributed by atoms with E-state index in [-0.39, 0.29) is 10.7 Å². The van der Waals surface area contributed by atoms with Crippen molar-refractivity contribution in [3.8, 4) is 11.1 Å². The Balaban J connectivity index is 1.71. The second-order valence-corrected chi connectivity index (χ2v) is 7.55. The summed E-state index contributed by atoms with van der Waals surface area (Å²) < 4.78 is 43.7. The highest BCUT2D eigenvalue weighted by Crippen LogP contribution is 2.25. The molecule has 136 valence electrons. The van der Waals surface area contributed by atoms with Crippen LogP contribution < -0.4 is 4.72 Å². The molecule has 1 aromatic carbocycles. The van der Waals surface area contributed by atoms with Gasteiger partial charge in [0.15, 0.2) is 5.65 Å². The van der Waals surface area contributed by atoms with Crippen LogP contribution in [0.2, 0.25) is 0 Å². The van der Waals surface area contributed by atoms with Gasteiger partial charge in [-0.05, 0) is 42.8 Å². The van der Waals surface area contributed by atoms with E-state index < -0.39 is 15.8 Å². The van der Waals surface area contributed by atoms with E-state index in [4.69, 9.17) is 0 Å². The second kappa shape index (κ2) is 6.44. The predicted molar refractivity (Wildman–Crippen MR) is 98.2 cm³/mol. The molecule has 0 aliphatic carbocycles. The van der Waals surface area contributed by atoms with E-state index in [2.05, 4.69) is 19.8 Å². The maximum Gasteiger partial charge on any atom is 0.263 e. The lowest BCUT2D eigenvalue weighted by atomic mass is 10.1. The van der Waals surface area contributed by atoms with E-state index >= 15 is 0 Å². The summed E-state index contributed by atoms with van der Waals surface area (Å²) in [5, 5.41) is 4.21. The van der Waals surface area contributed by atoms with Crippen LogP contribution >= 0.6 is 0 Å². The lowest BCUT2D eigenvalue weighted by Crippen LogP contribution is -2.16. The van der Waals surface area contributed by atoms with Crippen LogP contribution in [0.15, 0.2) is 66.0 Å². The number of benzene rings is 1. The third-order valence-corrected chi connectivity index (χ3v) is 5.31. The fourth-order valence-corrected chi connectivity index (χ4v) is 3.77. The van der Waals surface area contributed by atoms with Crippen LogP contribution in [0.1, 0.15) is 5.69 Å². The number of aromatic nitrogens is 4. The number of rotatable bonds is 4. The van der Waals surface area contributed by atoms with E-state index in [1.807, 2.05) is 0 Å². The van der Waals surface area contributed by atoms with Gasteiger partial charge in [0, 0.05) is 30.2 Å². The number of nitrogens with one attached hydrogen (secondary N) is 1. The highest BCUT2D eigenvalue weighted by Gasteiger charge is 2.19. The molecule has 0 saturated carbocycles. The van der Waals surface area contributed by atoms with Crippen LogP contribution in [0.3, 0.4) is 0 Å². The Hall–Kier alpha value is -3.33. The molecule has 3 heterocycles. The third-order valence-electron chi connectivity index (χ3n) is 3.96. The Morgan fingerprint density at radius 1 is 1.04 bits per heavy atom. The molecule has 0 aliphatic rings. The Kier molecular flexibility index (Phi) is 4.08. The number of aryl methyl sites for hydroxylation is 1. The van der Waals surface area contributed by atoms with E-state index in [0.717, 1.165) is 6.07 Å². The maximum atomic E-state index is 14.5. The number of hydrogen-bond acceptors (Lipinski definition) is 5. The molecule has 0 aliphatic heterocycles. The van der Waals surface area contributed by atoms with Gasteiger partial charge < -0.3 is 0 Å². The average Bonchev–Trinajstić information content (AvgIpc) is 3.03. The minimum atomic E-state index is -4.01. The number of fused-ring (bicyclic) bond motifs is 1. The molecular weight excluding hydrogens is 369 g/mol. The van der Waals surface area contributed by atoms with Crippen molar-refractivity contribution in [1.82, 2.24) is 19.6 Å². The first-order chi connectivity index (χ1) is 12.9. The van der Waals surface area contributed by atoms with Gasteiger partial charge in [-0.3, -0.25) is 9.71 Å². The molecule has 27 heavy (non-hydrogen) atoms. The zero-order valence-electron chi connectivity index (χ0n) is 14.2. The van der Waals surface area contributed by atoms with Gasteiger partial charge in [0.2, 0.25) is 0 Å². The molecule has 4 rings (SSSR count). The van der Waals surface area contributed by atoms with E-state index in [1.165, 1.54) is 28.9 Å². The number of pyridine rings is 1. The van der Waals surface area contributed by atoms with Crippen LogP contribution in [0.5, 0.6) is 0 Å². The zero-order valence-corrected chi connectivity index (χ0v) is 15.0. The van der Waals surface area contributed by atoms with Gasteiger partial charge in [0.05, 0.1) is 10.6 Å². The first kappa shape index (κ1) is 17.1. The van der Waals surface area contributed by atoms with Gasteiger partial charge in [-0.15, -0.1) is 0 Å². The Bertz CT molecular complexity index is 1240. The summed E-state index contributed by atoms with van der Waals surface area (Å²) in [6.45, 7) is 1.78. The van der Waals surface area contributed by atoms with Crippen LogP contribution in [0.4, 0.5) is 10.2 Å². The number of nitrogens with zero attached hydrogens (tertiary/aromatic N) is 4. The lowest BCUT2D eigenvalue weighted by Gasteiger charge is -2.10. The van der Waals surface area contributed by atoms with Crippen molar-refractivity contribution in [2.45, 2.75) is 11.8 Å². The van der Waals surface area contributed by atoms with Crippen LogP contribution in [0, 0.1) is 12.7 Å². The summed E-state index contributed by atoms with van der Waals surface area (Å²) in [7, 11) is -4.01. The lowest BCUT2D eigenvalue weighted by molar-refractivity contribution is 0.595. The van der Waals surface area contributed by atoms with Gasteiger partial charge in [-0.1, -0.05) is 6.07 Å². The highest BCUT2D eigenvalue weighted by molar-refractivity contribution is 7.92. The van der Waals surface area contributed by atoms with Crippen molar-refractivity contribution >= 4 is 21.5 Å². The normalized spacial score (nSPS) is 11.6. The standard InChI is InChI=1S/C18H14FN5O2S/c1-12-10-18-21-9-6-17(24(18)22-12)23-27(25,26)14-2-3-15(16(19)11-14)13-4-7-20-8-5-13/h2-11,23H,1H3. The second-order valence-electron chi connectivity index (χ2n) is 5.87. The number of sulfonamides is 1. The summed E-state index contributed by atoms with van der Waals surface area (Å²) >= 11 is 0. The summed E-state index contributed by atoms with van der Waals surface area (Å²) in [4.78, 5) is 7.83. The molecule has 7 nitrogen and oxygen atoms in total. The molecule has 0 amide bonds. The number of anilines is 1. The minimum Gasteiger partial charge on any atom is -0.265 e. The van der Waals surface area contributed by atoms with Crippen molar-refractivity contribution in [1.29, 1.82) is 0 Å². The van der Waals surface area contributed by atoms with Crippen molar-refractivity contribution in [3.63, 3.8) is 0 Å². The van der Waals surface area contributed by atoms with E-state index in [9.17, 15) is 12.8 Å². The monoisotopic (exact) mass is 383 g/mol. The van der Waals surface area contributed by atoms with Crippen LogP contribution in [-0.2, 0) is 10.0 Å². The molecule has 9 heteroatoms. The van der Waals surface area contributed by atoms with Gasteiger partial charge in [0.25, 0.3) is 10.0 Å². The smallest absolute Gasteiger partial charge is 0.263 e. The predicted octanol–water partition coefficient (Wildman–Crippen LogP) is 3.04. The molecule has 4 aromatic rings. The summed E-state index contributed by atoms with van der Waals surface area (Å²) in [5.41, 5.74) is 2.11. The molecule has 0 atom stereocenters. The van der Waals surface area contributed by atoms with Crippen LogP contribution in [-0.4, -0.2) is 28.0 Å². The van der Waals surface area contributed by atoms with Crippen molar-refractivity contribution in [2.24, 2.45) is 0 Å². The van der Waals surface area contributed by atoms with Crippen molar-refractivity contribution in [3.05, 3.63) is 72.6 Å². The molecule has 0 saturated heterocycles. The maximum absolute atomic E-state index is 14.5. The number of halogens is 1. The third kappa shape index (κ3) is 3.24. The van der Waals surface area contributed by atoms with Gasteiger partial charge in [0.1, 0.15) is 11.6 Å². The Morgan fingerprint density at radius 3 is 2.56 bits per heavy atom. The Labute approximate surface area is 154 Å². The molecular formula is C18H14FN5O2S.